The van der Waals surface area contributed by atoms with Crippen LogP contribution in [0, 0.1) is 0 Å². The number of H-pyrrole nitrogens is 1. The Morgan fingerprint density at radius 1 is 1.48 bits per heavy atom. The largest absolute Gasteiger partial charge is 0.409 e. The van der Waals surface area contributed by atoms with E-state index in [-0.39, 0.29) is 29.4 Å². The number of nitrogens with two attached hydrogens (primary N) is 1. The molecule has 0 aliphatic rings. The summed E-state index contributed by atoms with van der Waals surface area (Å²) in [5, 5.41) is 17.5. The highest BCUT2D eigenvalue weighted by molar-refractivity contribution is 7.92. The molecular formula is C11H14N6O3S. The van der Waals surface area contributed by atoms with Crippen LogP contribution in [0.25, 0.3) is 0 Å². The predicted molar refractivity (Wildman–Crippen MR) is 76.4 cm³/mol. The van der Waals surface area contributed by atoms with Gasteiger partial charge in [0.2, 0.25) is 10.0 Å². The SMILES string of the molecule is NC(=NO)c1cn[nH]c1NS(=O)(=O)CCc1ccccn1. The normalized spacial score (nSPS) is 12.3. The lowest BCUT2D eigenvalue weighted by molar-refractivity contribution is 0.318. The van der Waals surface area contributed by atoms with E-state index in [2.05, 4.69) is 25.1 Å². The van der Waals surface area contributed by atoms with Crippen LogP contribution in [0.1, 0.15) is 11.3 Å². The topological polar surface area (TPSA) is 146 Å². The molecule has 5 N–H and O–H groups in total. The zero-order valence-corrected chi connectivity index (χ0v) is 11.7. The lowest BCUT2D eigenvalue weighted by Crippen LogP contribution is -2.21. The second-order valence-corrected chi connectivity index (χ2v) is 5.98. The van der Waals surface area contributed by atoms with Crippen molar-refractivity contribution in [2.45, 2.75) is 6.42 Å². The van der Waals surface area contributed by atoms with Crippen LogP contribution in [0.15, 0.2) is 35.7 Å². The maximum absolute atomic E-state index is 12.0. The number of nitrogens with one attached hydrogen (secondary N) is 2. The number of rotatable bonds is 6. The van der Waals surface area contributed by atoms with Gasteiger partial charge in [0.25, 0.3) is 0 Å². The maximum atomic E-state index is 12.0. The van der Waals surface area contributed by atoms with Gasteiger partial charge in [0, 0.05) is 18.3 Å². The van der Waals surface area contributed by atoms with Crippen LogP contribution in [0.2, 0.25) is 0 Å². The van der Waals surface area contributed by atoms with Gasteiger partial charge in [0.1, 0.15) is 5.82 Å². The van der Waals surface area contributed by atoms with E-state index in [1.807, 2.05) is 0 Å². The Balaban J connectivity index is 2.06. The Hall–Kier alpha value is -2.62. The lowest BCUT2D eigenvalue weighted by atomic mass is 10.3. The molecule has 10 heteroatoms. The Labute approximate surface area is 120 Å². The van der Waals surface area contributed by atoms with E-state index >= 15 is 0 Å². The van der Waals surface area contributed by atoms with Crippen LogP contribution in [0.5, 0.6) is 0 Å². The molecule has 0 saturated carbocycles. The summed E-state index contributed by atoms with van der Waals surface area (Å²) in [4.78, 5) is 4.05. The highest BCUT2D eigenvalue weighted by Crippen LogP contribution is 2.13. The molecule has 0 aliphatic heterocycles. The second kappa shape index (κ2) is 6.22. The van der Waals surface area contributed by atoms with E-state index in [4.69, 9.17) is 10.9 Å². The zero-order chi connectivity index (χ0) is 15.3. The smallest absolute Gasteiger partial charge is 0.234 e. The fraction of sp³-hybridized carbons (Fsp3) is 0.182. The predicted octanol–water partition coefficient (Wildman–Crippen LogP) is -0.116. The molecule has 2 aromatic heterocycles. The van der Waals surface area contributed by atoms with E-state index < -0.39 is 10.0 Å². The van der Waals surface area contributed by atoms with E-state index in [0.717, 1.165) is 0 Å². The molecule has 2 aromatic rings. The molecule has 9 nitrogen and oxygen atoms in total. The van der Waals surface area contributed by atoms with Crippen molar-refractivity contribution in [3.05, 3.63) is 41.9 Å². The third-order valence-corrected chi connectivity index (χ3v) is 3.89. The summed E-state index contributed by atoms with van der Waals surface area (Å²) in [7, 11) is -3.62. The molecule has 0 radical (unpaired) electrons. The number of nitrogens with zero attached hydrogens (tertiary/aromatic N) is 3. The molecule has 0 bridgehead atoms. The molecule has 0 saturated heterocycles. The first-order valence-corrected chi connectivity index (χ1v) is 7.59. The monoisotopic (exact) mass is 310 g/mol. The Morgan fingerprint density at radius 3 is 2.95 bits per heavy atom. The first kappa shape index (κ1) is 14.8. The number of oxime groups is 1. The van der Waals surface area contributed by atoms with Gasteiger partial charge in [0.05, 0.1) is 17.5 Å². The minimum atomic E-state index is -3.62. The molecule has 0 unspecified atom stereocenters. The summed E-state index contributed by atoms with van der Waals surface area (Å²) in [6.45, 7) is 0. The number of anilines is 1. The molecule has 0 amide bonds. The van der Waals surface area contributed by atoms with Gasteiger partial charge in [-0.15, -0.1) is 0 Å². The quantitative estimate of drug-likeness (QED) is 0.253. The Morgan fingerprint density at radius 2 is 2.29 bits per heavy atom. The number of hydrogen-bond acceptors (Lipinski definition) is 6. The van der Waals surface area contributed by atoms with Crippen molar-refractivity contribution in [3.63, 3.8) is 0 Å². The third-order valence-electron chi connectivity index (χ3n) is 2.63. The van der Waals surface area contributed by atoms with Crippen molar-refractivity contribution in [2.24, 2.45) is 10.9 Å². The standard InChI is InChI=1S/C11H14N6O3S/c12-10(16-18)9-7-14-15-11(9)17-21(19,20)6-4-8-3-1-2-5-13-8/h1-3,5,7,18H,4,6H2,(H2,12,16)(H2,14,15,17). The van der Waals surface area contributed by atoms with Crippen LogP contribution in [0.3, 0.4) is 0 Å². The van der Waals surface area contributed by atoms with Crippen LogP contribution in [-0.4, -0.2) is 40.4 Å². The number of aromatic nitrogens is 3. The van der Waals surface area contributed by atoms with Crippen LogP contribution >= 0.6 is 0 Å². The number of amidine groups is 1. The molecular weight excluding hydrogens is 296 g/mol. The molecule has 0 spiro atoms. The summed E-state index contributed by atoms with van der Waals surface area (Å²) in [6, 6.07) is 5.28. The number of aromatic amines is 1. The summed E-state index contributed by atoms with van der Waals surface area (Å²) in [5.74, 6) is -0.351. The van der Waals surface area contributed by atoms with Gasteiger partial charge >= 0.3 is 0 Å². The van der Waals surface area contributed by atoms with Crippen LogP contribution < -0.4 is 10.5 Å². The number of pyridine rings is 1. The molecule has 2 rings (SSSR count). The first-order valence-electron chi connectivity index (χ1n) is 5.93. The van der Waals surface area contributed by atoms with E-state index in [1.165, 1.54) is 6.20 Å². The molecule has 112 valence electrons. The van der Waals surface area contributed by atoms with Gasteiger partial charge in [-0.05, 0) is 12.1 Å². The lowest BCUT2D eigenvalue weighted by Gasteiger charge is -2.07. The summed E-state index contributed by atoms with van der Waals surface area (Å²) < 4.78 is 26.3. The van der Waals surface area contributed by atoms with Gasteiger partial charge in [-0.25, -0.2) is 8.42 Å². The molecule has 0 aromatic carbocycles. The summed E-state index contributed by atoms with van der Waals surface area (Å²) >= 11 is 0. The first-order chi connectivity index (χ1) is 10.0. The van der Waals surface area contributed by atoms with Crippen molar-refractivity contribution in [1.82, 2.24) is 15.2 Å². The molecule has 0 fully saturated rings. The van der Waals surface area contributed by atoms with Crippen molar-refractivity contribution in [2.75, 3.05) is 10.5 Å². The average molecular weight is 310 g/mol. The fourth-order valence-corrected chi connectivity index (χ4v) is 2.65. The Bertz CT molecular complexity index is 725. The molecule has 2 heterocycles. The third kappa shape index (κ3) is 3.92. The maximum Gasteiger partial charge on any atom is 0.234 e. The van der Waals surface area contributed by atoms with E-state index in [9.17, 15) is 8.42 Å². The van der Waals surface area contributed by atoms with Gasteiger partial charge in [-0.2, -0.15) is 5.10 Å². The van der Waals surface area contributed by atoms with Crippen LogP contribution in [0.4, 0.5) is 5.82 Å². The van der Waals surface area contributed by atoms with E-state index in [0.29, 0.717) is 5.69 Å². The highest BCUT2D eigenvalue weighted by atomic mass is 32.2. The fourth-order valence-electron chi connectivity index (χ4n) is 1.60. The van der Waals surface area contributed by atoms with Crippen LogP contribution in [-0.2, 0) is 16.4 Å². The average Bonchev–Trinajstić information content (AvgIpc) is 2.93. The minimum absolute atomic E-state index is 0.0475. The number of sulfonamides is 1. The van der Waals surface area contributed by atoms with Crippen molar-refractivity contribution in [1.29, 1.82) is 0 Å². The number of aryl methyl sites for hydroxylation is 1. The van der Waals surface area contributed by atoms with Gasteiger partial charge in [-0.3, -0.25) is 14.8 Å². The van der Waals surface area contributed by atoms with Crippen molar-refractivity contribution in [3.8, 4) is 0 Å². The van der Waals surface area contributed by atoms with Crippen molar-refractivity contribution >= 4 is 21.7 Å². The highest BCUT2D eigenvalue weighted by Gasteiger charge is 2.17. The summed E-state index contributed by atoms with van der Waals surface area (Å²) in [5.41, 5.74) is 6.25. The summed E-state index contributed by atoms with van der Waals surface area (Å²) in [6.07, 6.45) is 3.12. The van der Waals surface area contributed by atoms with Gasteiger partial charge in [0.15, 0.2) is 5.84 Å². The van der Waals surface area contributed by atoms with Crippen molar-refractivity contribution < 1.29 is 13.6 Å². The van der Waals surface area contributed by atoms with E-state index in [1.54, 1.807) is 24.4 Å². The van der Waals surface area contributed by atoms with Gasteiger partial charge < -0.3 is 10.9 Å². The number of hydrogen-bond donors (Lipinski definition) is 4. The second-order valence-electron chi connectivity index (χ2n) is 4.14. The molecule has 0 aliphatic carbocycles. The van der Waals surface area contributed by atoms with Gasteiger partial charge in [-0.1, -0.05) is 11.2 Å². The molecule has 0 atom stereocenters. The molecule has 21 heavy (non-hydrogen) atoms. The zero-order valence-electron chi connectivity index (χ0n) is 10.9. The minimum Gasteiger partial charge on any atom is -0.409 e. The Kier molecular flexibility index (Phi) is 4.38.